The first kappa shape index (κ1) is 12.5. The predicted octanol–water partition coefficient (Wildman–Crippen LogP) is 2.52. The van der Waals surface area contributed by atoms with Crippen LogP contribution >= 0.6 is 11.8 Å². The number of carbonyl (C=O) groups excluding carboxylic acids is 2. The van der Waals surface area contributed by atoms with Crippen molar-refractivity contribution in [3.8, 4) is 11.8 Å². The predicted molar refractivity (Wildman–Crippen MR) is 66.5 cm³/mol. The molecule has 0 aliphatic heterocycles. The second kappa shape index (κ2) is 6.86. The maximum absolute atomic E-state index is 10.6. The van der Waals surface area contributed by atoms with Crippen molar-refractivity contribution in [3.63, 3.8) is 0 Å². The van der Waals surface area contributed by atoms with E-state index in [1.165, 1.54) is 11.8 Å². The molecule has 0 amide bonds. The molecule has 0 spiro atoms. The lowest BCUT2D eigenvalue weighted by Gasteiger charge is -1.91. The van der Waals surface area contributed by atoms with Gasteiger partial charge in [-0.3, -0.25) is 9.59 Å². The van der Waals surface area contributed by atoms with Crippen molar-refractivity contribution in [1.29, 1.82) is 0 Å². The van der Waals surface area contributed by atoms with Gasteiger partial charge >= 0.3 is 0 Å². The van der Waals surface area contributed by atoms with E-state index in [4.69, 9.17) is 0 Å². The third kappa shape index (κ3) is 4.81. The summed E-state index contributed by atoms with van der Waals surface area (Å²) in [6.45, 7) is 1.55. The molecule has 2 nitrogen and oxygen atoms in total. The Morgan fingerprint density at radius 3 is 2.62 bits per heavy atom. The molecule has 0 heterocycles. The summed E-state index contributed by atoms with van der Waals surface area (Å²) in [5.41, 5.74) is 1.54. The van der Waals surface area contributed by atoms with E-state index in [-0.39, 0.29) is 5.12 Å². The third-order valence-corrected chi connectivity index (χ3v) is 2.63. The van der Waals surface area contributed by atoms with Gasteiger partial charge < -0.3 is 0 Å². The Hall–Kier alpha value is -1.53. The molecule has 0 bridgehead atoms. The molecule has 1 aromatic carbocycles. The number of thioether (sulfide) groups is 1. The fraction of sp³-hybridized carbons (Fsp3) is 0.231. The van der Waals surface area contributed by atoms with Gasteiger partial charge in [-0.2, -0.15) is 0 Å². The maximum Gasteiger partial charge on any atom is 0.185 e. The van der Waals surface area contributed by atoms with Gasteiger partial charge in [-0.1, -0.05) is 35.7 Å². The lowest BCUT2D eigenvalue weighted by atomic mass is 10.1. The first-order valence-corrected chi connectivity index (χ1v) is 5.88. The van der Waals surface area contributed by atoms with E-state index in [0.29, 0.717) is 12.0 Å². The first-order valence-electron chi connectivity index (χ1n) is 4.90. The minimum atomic E-state index is 0.122. The molecule has 1 rings (SSSR count). The molecule has 0 aliphatic rings. The number of hydrogen-bond donors (Lipinski definition) is 0. The van der Waals surface area contributed by atoms with Crippen molar-refractivity contribution in [1.82, 2.24) is 0 Å². The van der Waals surface area contributed by atoms with Crippen LogP contribution in [0.25, 0.3) is 0 Å². The van der Waals surface area contributed by atoms with Crippen LogP contribution in [0.4, 0.5) is 0 Å². The summed E-state index contributed by atoms with van der Waals surface area (Å²) < 4.78 is 0. The number of aldehydes is 1. The Balaban J connectivity index is 2.43. The molecule has 16 heavy (non-hydrogen) atoms. The van der Waals surface area contributed by atoms with Crippen molar-refractivity contribution in [2.45, 2.75) is 13.3 Å². The third-order valence-electron chi connectivity index (χ3n) is 1.81. The molecule has 0 saturated carbocycles. The van der Waals surface area contributed by atoms with E-state index >= 15 is 0 Å². The van der Waals surface area contributed by atoms with Gasteiger partial charge in [0.1, 0.15) is 6.29 Å². The first-order chi connectivity index (χ1) is 7.72. The van der Waals surface area contributed by atoms with Crippen molar-refractivity contribution in [3.05, 3.63) is 35.4 Å². The molecule has 82 valence electrons. The van der Waals surface area contributed by atoms with Crippen LogP contribution in [0.2, 0.25) is 0 Å². The number of hydrogen-bond acceptors (Lipinski definition) is 3. The van der Waals surface area contributed by atoms with Crippen molar-refractivity contribution >= 4 is 23.2 Å². The number of benzene rings is 1. The van der Waals surface area contributed by atoms with Crippen LogP contribution < -0.4 is 0 Å². The molecule has 3 heteroatoms. The summed E-state index contributed by atoms with van der Waals surface area (Å²) in [6.07, 6.45) is 1.50. The van der Waals surface area contributed by atoms with Crippen LogP contribution in [0.15, 0.2) is 24.3 Å². The highest BCUT2D eigenvalue weighted by Gasteiger charge is 1.91. The lowest BCUT2D eigenvalue weighted by molar-refractivity contribution is -0.109. The van der Waals surface area contributed by atoms with Gasteiger partial charge in [-0.15, -0.1) is 0 Å². The van der Waals surface area contributed by atoms with Gasteiger partial charge in [0.2, 0.25) is 0 Å². The normalized spacial score (nSPS) is 9.06. The Morgan fingerprint density at radius 2 is 2.06 bits per heavy atom. The molecule has 0 saturated heterocycles. The number of carbonyl (C=O) groups is 2. The van der Waals surface area contributed by atoms with Crippen LogP contribution in [0.1, 0.15) is 29.3 Å². The zero-order chi connectivity index (χ0) is 11.8. The van der Waals surface area contributed by atoms with Crippen molar-refractivity contribution in [2.75, 3.05) is 5.75 Å². The fourth-order valence-corrected chi connectivity index (χ4v) is 1.55. The molecule has 0 radical (unpaired) electrons. The molecule has 0 N–H and O–H groups in total. The fourth-order valence-electron chi connectivity index (χ4n) is 1.06. The van der Waals surface area contributed by atoms with E-state index in [1.54, 1.807) is 19.1 Å². The van der Waals surface area contributed by atoms with Crippen molar-refractivity contribution < 1.29 is 9.59 Å². The summed E-state index contributed by atoms with van der Waals surface area (Å²) in [5.74, 6) is 6.69. The second-order valence-corrected chi connectivity index (χ2v) is 4.40. The summed E-state index contributed by atoms with van der Waals surface area (Å²) in [4.78, 5) is 21.0. The molecule has 0 unspecified atom stereocenters. The molecule has 0 fully saturated rings. The van der Waals surface area contributed by atoms with Gasteiger partial charge in [0.05, 0.1) is 0 Å². The highest BCUT2D eigenvalue weighted by molar-refractivity contribution is 8.13. The summed E-state index contributed by atoms with van der Waals surface area (Å²) in [7, 11) is 0. The van der Waals surface area contributed by atoms with E-state index < -0.39 is 0 Å². The average Bonchev–Trinajstić information content (AvgIpc) is 2.29. The van der Waals surface area contributed by atoms with Gasteiger partial charge in [0, 0.05) is 30.2 Å². The molecule has 0 aliphatic carbocycles. The van der Waals surface area contributed by atoms with Crippen LogP contribution in [-0.2, 0) is 4.79 Å². The van der Waals surface area contributed by atoms with E-state index in [1.807, 2.05) is 12.1 Å². The molecule has 0 aromatic heterocycles. The van der Waals surface area contributed by atoms with Crippen LogP contribution in [-0.4, -0.2) is 17.2 Å². The Labute approximate surface area is 99.4 Å². The Bertz CT molecular complexity index is 423. The highest BCUT2D eigenvalue weighted by Crippen LogP contribution is 2.03. The SMILES string of the molecule is CC(=O)SCCC#Cc1ccc(C=O)cc1. The Morgan fingerprint density at radius 1 is 1.38 bits per heavy atom. The largest absolute Gasteiger partial charge is 0.298 e. The zero-order valence-electron chi connectivity index (χ0n) is 9.03. The van der Waals surface area contributed by atoms with Gasteiger partial charge in [0.25, 0.3) is 0 Å². The van der Waals surface area contributed by atoms with E-state index in [9.17, 15) is 9.59 Å². The summed E-state index contributed by atoms with van der Waals surface area (Å²) in [5, 5.41) is 0.122. The summed E-state index contributed by atoms with van der Waals surface area (Å²) in [6, 6.07) is 7.10. The minimum absolute atomic E-state index is 0.122. The average molecular weight is 232 g/mol. The molecule has 1 aromatic rings. The second-order valence-electron chi connectivity index (χ2n) is 3.13. The van der Waals surface area contributed by atoms with Gasteiger partial charge in [-0.05, 0) is 12.1 Å². The molecular weight excluding hydrogens is 220 g/mol. The number of rotatable bonds is 3. The highest BCUT2D eigenvalue weighted by atomic mass is 32.2. The Kier molecular flexibility index (Phi) is 5.38. The topological polar surface area (TPSA) is 34.1 Å². The standard InChI is InChI=1S/C13H12O2S/c1-11(15)16-9-3-2-4-12-5-7-13(10-14)8-6-12/h5-8,10H,3,9H2,1H3. The maximum atomic E-state index is 10.6. The quantitative estimate of drug-likeness (QED) is 0.456. The van der Waals surface area contributed by atoms with E-state index in [0.717, 1.165) is 17.6 Å². The van der Waals surface area contributed by atoms with Gasteiger partial charge in [0.15, 0.2) is 5.12 Å². The lowest BCUT2D eigenvalue weighted by Crippen LogP contribution is -1.84. The molecular formula is C13H12O2S. The smallest absolute Gasteiger partial charge is 0.185 e. The van der Waals surface area contributed by atoms with Crippen LogP contribution in [0, 0.1) is 11.8 Å². The van der Waals surface area contributed by atoms with Crippen LogP contribution in [0.3, 0.4) is 0 Å². The van der Waals surface area contributed by atoms with Crippen LogP contribution in [0.5, 0.6) is 0 Å². The molecule has 0 atom stereocenters. The van der Waals surface area contributed by atoms with Crippen molar-refractivity contribution in [2.24, 2.45) is 0 Å². The monoisotopic (exact) mass is 232 g/mol. The van der Waals surface area contributed by atoms with E-state index in [2.05, 4.69) is 11.8 Å². The minimum Gasteiger partial charge on any atom is -0.298 e. The van der Waals surface area contributed by atoms with Gasteiger partial charge in [-0.25, -0.2) is 0 Å². The summed E-state index contributed by atoms with van der Waals surface area (Å²) >= 11 is 1.28. The zero-order valence-corrected chi connectivity index (χ0v) is 9.84.